The molecule has 0 fully saturated rings. The smallest absolute Gasteiger partial charge is 0.543 e. The minimum absolute atomic E-state index is 0. The maximum Gasteiger partial charge on any atom is 1.00 e. The van der Waals surface area contributed by atoms with E-state index in [-0.39, 0.29) is 40.3 Å². The Morgan fingerprint density at radius 2 is 1.81 bits per heavy atom. The molecule has 31 heavy (non-hydrogen) atoms. The van der Waals surface area contributed by atoms with Crippen LogP contribution in [0.3, 0.4) is 0 Å². The number of carboxylic acid groups (broad SMARTS) is 1. The van der Waals surface area contributed by atoms with Crippen LogP contribution < -0.4 is 39.4 Å². The molecule has 0 saturated heterocycles. The van der Waals surface area contributed by atoms with Gasteiger partial charge in [-0.25, -0.2) is 4.98 Å². The monoisotopic (exact) mass is 505 g/mol. The van der Waals surface area contributed by atoms with Gasteiger partial charge < -0.3 is 14.6 Å². The molecule has 7 heteroatoms. The molecule has 4 rings (SSSR count). The molecule has 1 aliphatic carbocycles. The van der Waals surface area contributed by atoms with Crippen molar-refractivity contribution in [3.63, 3.8) is 0 Å². The largest absolute Gasteiger partial charge is 1.00 e. The summed E-state index contributed by atoms with van der Waals surface area (Å²) in [6.07, 6.45) is 2.62. The van der Waals surface area contributed by atoms with Gasteiger partial charge in [-0.2, -0.15) is 0 Å². The standard InChI is InChI=1S/C24H19BrClNO3.Na/c25-16-9-12-22(30-14-15-5-2-1-3-6-15)19(13-16)17-7-4-8-18(17)21-11-10-20(26)23(27-21)24(28)29;/h1-3,5-6,9-13H,4,7-8,14H2,(H,28,29);/q;+1/p-1. The van der Waals surface area contributed by atoms with Gasteiger partial charge in [0.25, 0.3) is 0 Å². The summed E-state index contributed by atoms with van der Waals surface area (Å²) in [5, 5.41) is 11.4. The fourth-order valence-corrected chi connectivity index (χ4v) is 4.22. The molecule has 0 radical (unpaired) electrons. The summed E-state index contributed by atoms with van der Waals surface area (Å²) in [6, 6.07) is 19.3. The van der Waals surface area contributed by atoms with Crippen LogP contribution in [0.25, 0.3) is 11.1 Å². The van der Waals surface area contributed by atoms with Crippen molar-refractivity contribution in [3.8, 4) is 5.75 Å². The fourth-order valence-electron chi connectivity index (χ4n) is 3.68. The first kappa shape index (κ1) is 24.0. The number of carbonyl (C=O) groups excluding carboxylic acids is 1. The van der Waals surface area contributed by atoms with Crippen LogP contribution in [0.4, 0.5) is 0 Å². The van der Waals surface area contributed by atoms with Crippen molar-refractivity contribution in [2.24, 2.45) is 0 Å². The Kier molecular flexibility index (Phi) is 8.36. The Morgan fingerprint density at radius 1 is 1.06 bits per heavy atom. The van der Waals surface area contributed by atoms with Crippen LogP contribution in [0, 0.1) is 0 Å². The first-order valence-corrected chi connectivity index (χ1v) is 10.8. The number of carboxylic acids is 1. The topological polar surface area (TPSA) is 62.2 Å². The van der Waals surface area contributed by atoms with Crippen LogP contribution in [-0.4, -0.2) is 11.0 Å². The van der Waals surface area contributed by atoms with E-state index < -0.39 is 5.97 Å². The molecular weight excluding hydrogens is 489 g/mol. The van der Waals surface area contributed by atoms with E-state index in [4.69, 9.17) is 16.3 Å². The second kappa shape index (κ2) is 10.8. The van der Waals surface area contributed by atoms with E-state index in [1.54, 1.807) is 12.1 Å². The van der Waals surface area contributed by atoms with Gasteiger partial charge in [-0.15, -0.1) is 0 Å². The molecule has 152 valence electrons. The van der Waals surface area contributed by atoms with E-state index in [1.807, 2.05) is 48.5 Å². The van der Waals surface area contributed by atoms with Crippen molar-refractivity contribution < 1.29 is 44.2 Å². The van der Waals surface area contributed by atoms with E-state index in [2.05, 4.69) is 20.9 Å². The Morgan fingerprint density at radius 3 is 2.55 bits per heavy atom. The number of allylic oxidation sites excluding steroid dienone is 2. The number of ether oxygens (including phenoxy) is 1. The van der Waals surface area contributed by atoms with Gasteiger partial charge in [0.05, 0.1) is 16.7 Å². The number of rotatable bonds is 6. The summed E-state index contributed by atoms with van der Waals surface area (Å²) in [6.45, 7) is 0.464. The number of hydrogen-bond donors (Lipinski definition) is 0. The van der Waals surface area contributed by atoms with Gasteiger partial charge in [0.15, 0.2) is 0 Å². The van der Waals surface area contributed by atoms with E-state index in [1.165, 1.54) is 0 Å². The van der Waals surface area contributed by atoms with Crippen LogP contribution in [0.15, 0.2) is 65.1 Å². The number of hydrogen-bond acceptors (Lipinski definition) is 4. The third kappa shape index (κ3) is 5.60. The van der Waals surface area contributed by atoms with Crippen molar-refractivity contribution in [1.29, 1.82) is 0 Å². The van der Waals surface area contributed by atoms with Crippen LogP contribution in [0.1, 0.15) is 46.6 Å². The molecule has 2 aromatic carbocycles. The third-order valence-corrected chi connectivity index (χ3v) is 5.87. The van der Waals surface area contributed by atoms with Crippen molar-refractivity contribution in [3.05, 3.63) is 92.7 Å². The minimum atomic E-state index is -1.38. The number of pyridine rings is 1. The molecule has 0 atom stereocenters. The Labute approximate surface area is 216 Å². The molecule has 0 unspecified atom stereocenters. The summed E-state index contributed by atoms with van der Waals surface area (Å²) in [4.78, 5) is 15.6. The van der Waals surface area contributed by atoms with Gasteiger partial charge in [-0.05, 0) is 66.3 Å². The van der Waals surface area contributed by atoms with Gasteiger partial charge in [0.1, 0.15) is 18.1 Å². The number of aromatic carboxylic acids is 1. The summed E-state index contributed by atoms with van der Waals surface area (Å²) in [5.41, 5.74) is 4.57. The summed E-state index contributed by atoms with van der Waals surface area (Å²) in [5.74, 6) is -0.595. The molecule has 0 aliphatic heterocycles. The molecule has 4 nitrogen and oxygen atoms in total. The van der Waals surface area contributed by atoms with Crippen molar-refractivity contribution >= 4 is 44.6 Å². The zero-order chi connectivity index (χ0) is 21.1. The molecule has 0 bridgehead atoms. The van der Waals surface area contributed by atoms with Gasteiger partial charge in [0.2, 0.25) is 0 Å². The predicted octanol–water partition coefficient (Wildman–Crippen LogP) is 2.54. The summed E-state index contributed by atoms with van der Waals surface area (Å²) >= 11 is 9.53. The fraction of sp³-hybridized carbons (Fsp3) is 0.167. The van der Waals surface area contributed by atoms with Gasteiger partial charge >= 0.3 is 29.6 Å². The molecule has 1 aliphatic rings. The molecule has 1 aromatic heterocycles. The summed E-state index contributed by atoms with van der Waals surface area (Å²) < 4.78 is 7.10. The van der Waals surface area contributed by atoms with Crippen molar-refractivity contribution in [2.75, 3.05) is 0 Å². The van der Waals surface area contributed by atoms with Gasteiger partial charge in [-0.3, -0.25) is 0 Å². The molecule has 3 aromatic rings. The Hall–Kier alpha value is -1.63. The van der Waals surface area contributed by atoms with Crippen LogP contribution in [-0.2, 0) is 6.61 Å². The molecule has 0 spiro atoms. The maximum absolute atomic E-state index is 11.4. The van der Waals surface area contributed by atoms with E-state index in [0.29, 0.717) is 12.3 Å². The Bertz CT molecular complexity index is 1130. The molecule has 0 saturated carbocycles. The maximum atomic E-state index is 11.4. The first-order chi connectivity index (χ1) is 14.5. The molecule has 1 heterocycles. The summed E-state index contributed by atoms with van der Waals surface area (Å²) in [7, 11) is 0. The van der Waals surface area contributed by atoms with Crippen molar-refractivity contribution in [2.45, 2.75) is 25.9 Å². The quantitative estimate of drug-likeness (QED) is 0.482. The molecular formula is C24H18BrClNNaO3. The average Bonchev–Trinajstić information content (AvgIpc) is 3.23. The second-order valence-electron chi connectivity index (χ2n) is 7.04. The molecule has 0 amide bonds. The number of nitrogens with zero attached hydrogens (tertiary/aromatic N) is 1. The SMILES string of the molecule is O=C([O-])c1nc(C2=C(c3cc(Br)ccc3OCc3ccccc3)CCC2)ccc1Cl.[Na+]. The van der Waals surface area contributed by atoms with Crippen LogP contribution >= 0.6 is 27.5 Å². The Balaban J connectivity index is 0.00000272. The number of halogens is 2. The molecule has 0 N–H and O–H groups in total. The van der Waals surface area contributed by atoms with E-state index in [0.717, 1.165) is 51.8 Å². The second-order valence-corrected chi connectivity index (χ2v) is 8.36. The zero-order valence-electron chi connectivity index (χ0n) is 17.0. The van der Waals surface area contributed by atoms with Gasteiger partial charge in [0, 0.05) is 10.0 Å². The zero-order valence-corrected chi connectivity index (χ0v) is 21.4. The van der Waals surface area contributed by atoms with Crippen LogP contribution in [0.5, 0.6) is 5.75 Å². The van der Waals surface area contributed by atoms with E-state index in [9.17, 15) is 9.90 Å². The normalized spacial score (nSPS) is 13.1. The minimum Gasteiger partial charge on any atom is -0.543 e. The van der Waals surface area contributed by atoms with Crippen LogP contribution in [0.2, 0.25) is 5.02 Å². The number of benzene rings is 2. The average molecular weight is 507 g/mol. The third-order valence-electron chi connectivity index (χ3n) is 5.07. The number of aromatic nitrogens is 1. The first-order valence-electron chi connectivity index (χ1n) is 9.60. The number of carbonyl (C=O) groups is 1. The van der Waals surface area contributed by atoms with Gasteiger partial charge in [-0.1, -0.05) is 57.9 Å². The predicted molar refractivity (Wildman–Crippen MR) is 119 cm³/mol. The van der Waals surface area contributed by atoms with Crippen molar-refractivity contribution in [1.82, 2.24) is 4.98 Å². The van der Waals surface area contributed by atoms with E-state index >= 15 is 0 Å².